The minimum atomic E-state index is -2.75. The molecule has 1 aliphatic rings. The van der Waals surface area contributed by atoms with Crippen LogP contribution in [0.15, 0.2) is 30.3 Å². The molecule has 2 rings (SSSR count). The molecule has 0 unspecified atom stereocenters. The summed E-state index contributed by atoms with van der Waals surface area (Å²) in [6, 6.07) is 10.2. The monoisotopic (exact) mass is 285 g/mol. The summed E-state index contributed by atoms with van der Waals surface area (Å²) in [7, 11) is -2.75. The lowest BCUT2D eigenvalue weighted by molar-refractivity contribution is 0.287. The lowest BCUT2D eigenvalue weighted by atomic mass is 10.2. The summed E-state index contributed by atoms with van der Waals surface area (Å²) < 4.78 is 22.4. The topological polar surface area (TPSA) is 37.4 Å². The Morgan fingerprint density at radius 1 is 0.947 bits per heavy atom. The van der Waals surface area contributed by atoms with Crippen LogP contribution in [0.25, 0.3) is 0 Å². The van der Waals surface area contributed by atoms with Crippen LogP contribution in [0.2, 0.25) is 0 Å². The lowest BCUT2D eigenvalue weighted by Crippen LogP contribution is -2.39. The van der Waals surface area contributed by atoms with Crippen LogP contribution in [0.1, 0.15) is 33.3 Å². The predicted octanol–water partition coefficient (Wildman–Crippen LogP) is 2.97. The van der Waals surface area contributed by atoms with E-state index in [1.54, 1.807) is 0 Å². The fourth-order valence-corrected chi connectivity index (χ4v) is 3.03. The van der Waals surface area contributed by atoms with Crippen molar-refractivity contribution in [3.05, 3.63) is 35.9 Å². The first kappa shape index (κ1) is 18.1. The molecule has 3 nitrogen and oxygen atoms in total. The van der Waals surface area contributed by atoms with Crippen LogP contribution in [0, 0.1) is 0 Å². The molecular formula is C15H27NO2S. The van der Waals surface area contributed by atoms with Gasteiger partial charge in [0.2, 0.25) is 0 Å². The molecule has 0 radical (unpaired) electrons. The zero-order chi connectivity index (χ0) is 14.7. The highest BCUT2D eigenvalue weighted by Crippen LogP contribution is 2.09. The molecule has 4 heteroatoms. The summed E-state index contributed by atoms with van der Waals surface area (Å²) in [4.78, 5) is 2.19. The normalized spacial score (nSPS) is 17.5. The molecule has 0 saturated carbocycles. The second-order valence-corrected chi connectivity index (χ2v) is 6.22. The molecule has 0 spiro atoms. The van der Waals surface area contributed by atoms with E-state index in [1.807, 2.05) is 45.9 Å². The van der Waals surface area contributed by atoms with E-state index in [4.69, 9.17) is 0 Å². The van der Waals surface area contributed by atoms with Gasteiger partial charge in [-0.1, -0.05) is 58.0 Å². The maximum absolute atomic E-state index is 11.2. The molecule has 0 atom stereocenters. The zero-order valence-corrected chi connectivity index (χ0v) is 13.4. The van der Waals surface area contributed by atoms with Crippen molar-refractivity contribution in [2.24, 2.45) is 0 Å². The van der Waals surface area contributed by atoms with Gasteiger partial charge in [0.05, 0.1) is 11.5 Å². The molecule has 0 N–H and O–H groups in total. The summed E-state index contributed by atoms with van der Waals surface area (Å²) in [5, 5.41) is 0. The van der Waals surface area contributed by atoms with Crippen LogP contribution < -0.4 is 0 Å². The second kappa shape index (κ2) is 9.98. The highest BCUT2D eigenvalue weighted by Gasteiger charge is 2.21. The molecule has 0 amide bonds. The molecule has 1 heterocycles. The molecule has 19 heavy (non-hydrogen) atoms. The van der Waals surface area contributed by atoms with Gasteiger partial charge in [-0.15, -0.1) is 0 Å². The van der Waals surface area contributed by atoms with Gasteiger partial charge in [-0.05, 0) is 5.56 Å². The Hall–Kier alpha value is -0.870. The van der Waals surface area contributed by atoms with E-state index < -0.39 is 9.84 Å². The minimum absolute atomic E-state index is 0.305. The zero-order valence-electron chi connectivity index (χ0n) is 12.6. The predicted molar refractivity (Wildman–Crippen MR) is 83.1 cm³/mol. The average Bonchev–Trinajstić information content (AvgIpc) is 2.47. The van der Waals surface area contributed by atoms with Gasteiger partial charge in [0.15, 0.2) is 9.84 Å². The molecule has 1 aromatic rings. The molecule has 0 bridgehead atoms. The van der Waals surface area contributed by atoms with Gasteiger partial charge in [-0.3, -0.25) is 4.90 Å². The molecule has 110 valence electrons. The highest BCUT2D eigenvalue weighted by atomic mass is 32.2. The summed E-state index contributed by atoms with van der Waals surface area (Å²) in [5.41, 5.74) is 1.25. The first-order valence-corrected chi connectivity index (χ1v) is 8.94. The fourth-order valence-electron chi connectivity index (χ4n) is 1.75. The Balaban J connectivity index is 0.000000741. The molecule has 1 aliphatic heterocycles. The number of rotatable bonds is 2. The van der Waals surface area contributed by atoms with Gasteiger partial charge in [-0.2, -0.15) is 0 Å². The van der Waals surface area contributed by atoms with Crippen LogP contribution >= 0.6 is 0 Å². The first-order valence-electron chi connectivity index (χ1n) is 7.12. The molecular weight excluding hydrogens is 258 g/mol. The van der Waals surface area contributed by atoms with E-state index in [1.165, 1.54) is 5.56 Å². The number of nitrogens with zero attached hydrogens (tertiary/aromatic N) is 1. The van der Waals surface area contributed by atoms with Crippen molar-refractivity contribution in [2.45, 2.75) is 34.2 Å². The Bertz CT molecular complexity index is 401. The Kier molecular flexibility index (Phi) is 9.53. The van der Waals surface area contributed by atoms with Crippen molar-refractivity contribution in [2.75, 3.05) is 24.6 Å². The molecule has 1 aromatic carbocycles. The average molecular weight is 285 g/mol. The minimum Gasteiger partial charge on any atom is -0.297 e. The van der Waals surface area contributed by atoms with E-state index in [9.17, 15) is 8.42 Å². The summed E-state index contributed by atoms with van der Waals surface area (Å²) in [5.74, 6) is 0.611. The van der Waals surface area contributed by atoms with Crippen molar-refractivity contribution in [1.29, 1.82) is 0 Å². The van der Waals surface area contributed by atoms with E-state index in [2.05, 4.69) is 17.0 Å². The van der Waals surface area contributed by atoms with Crippen molar-refractivity contribution in [3.63, 3.8) is 0 Å². The van der Waals surface area contributed by atoms with Crippen molar-refractivity contribution in [3.8, 4) is 0 Å². The third-order valence-electron chi connectivity index (χ3n) is 2.69. The van der Waals surface area contributed by atoms with E-state index in [-0.39, 0.29) is 0 Å². The van der Waals surface area contributed by atoms with Gasteiger partial charge < -0.3 is 0 Å². The maximum atomic E-state index is 11.2. The lowest BCUT2D eigenvalue weighted by Gasteiger charge is -2.26. The van der Waals surface area contributed by atoms with Gasteiger partial charge >= 0.3 is 0 Å². The third-order valence-corrected chi connectivity index (χ3v) is 4.30. The Morgan fingerprint density at radius 3 is 1.89 bits per heavy atom. The van der Waals surface area contributed by atoms with Gasteiger partial charge in [0.25, 0.3) is 0 Å². The first-order chi connectivity index (χ1) is 9.16. The number of sulfone groups is 1. The van der Waals surface area contributed by atoms with Crippen LogP contribution in [-0.4, -0.2) is 37.9 Å². The summed E-state index contributed by atoms with van der Waals surface area (Å²) in [6.45, 7) is 10.2. The molecule has 1 saturated heterocycles. The van der Waals surface area contributed by atoms with Gasteiger partial charge in [-0.25, -0.2) is 8.42 Å². The number of hydrogen-bond acceptors (Lipinski definition) is 3. The number of hydrogen-bond donors (Lipinski definition) is 0. The largest absolute Gasteiger partial charge is 0.297 e. The standard InChI is InChI=1S/C11H15NO2S.2C2H6/c13-15(14)8-6-12(7-9-15)10-11-4-2-1-3-5-11;2*1-2/h1-5H,6-10H2;2*1-2H3. The van der Waals surface area contributed by atoms with Crippen molar-refractivity contribution >= 4 is 9.84 Å². The van der Waals surface area contributed by atoms with E-state index in [0.29, 0.717) is 24.6 Å². The van der Waals surface area contributed by atoms with Crippen LogP contribution in [0.4, 0.5) is 0 Å². The summed E-state index contributed by atoms with van der Waals surface area (Å²) in [6.07, 6.45) is 0. The molecule has 0 aromatic heterocycles. The second-order valence-electron chi connectivity index (χ2n) is 3.91. The molecule has 1 fully saturated rings. The van der Waals surface area contributed by atoms with Crippen LogP contribution in [0.3, 0.4) is 0 Å². The Labute approximate surface area is 118 Å². The van der Waals surface area contributed by atoms with Crippen LogP contribution in [-0.2, 0) is 16.4 Å². The Morgan fingerprint density at radius 2 is 1.42 bits per heavy atom. The SMILES string of the molecule is CC.CC.O=S1(=O)CCN(Cc2ccccc2)CC1. The van der Waals surface area contributed by atoms with E-state index >= 15 is 0 Å². The van der Waals surface area contributed by atoms with Gasteiger partial charge in [0.1, 0.15) is 0 Å². The van der Waals surface area contributed by atoms with E-state index in [0.717, 1.165) is 6.54 Å². The van der Waals surface area contributed by atoms with Crippen molar-refractivity contribution in [1.82, 2.24) is 4.90 Å². The summed E-state index contributed by atoms with van der Waals surface area (Å²) >= 11 is 0. The highest BCUT2D eigenvalue weighted by molar-refractivity contribution is 7.91. The smallest absolute Gasteiger partial charge is 0.152 e. The van der Waals surface area contributed by atoms with Crippen molar-refractivity contribution < 1.29 is 8.42 Å². The van der Waals surface area contributed by atoms with Gasteiger partial charge in [0, 0.05) is 19.6 Å². The van der Waals surface area contributed by atoms with Crippen LogP contribution in [0.5, 0.6) is 0 Å². The fraction of sp³-hybridized carbons (Fsp3) is 0.600. The maximum Gasteiger partial charge on any atom is 0.152 e. The quantitative estimate of drug-likeness (QED) is 0.838. The molecule has 0 aliphatic carbocycles. The number of benzene rings is 1. The third kappa shape index (κ3) is 7.33.